The lowest BCUT2D eigenvalue weighted by Crippen LogP contribution is -2.05. The van der Waals surface area contributed by atoms with Gasteiger partial charge in [-0.15, -0.1) is 0 Å². The first-order chi connectivity index (χ1) is 12.6. The number of nitrogens with one attached hydrogen (secondary N) is 1. The first-order valence-corrected chi connectivity index (χ1v) is 8.46. The summed E-state index contributed by atoms with van der Waals surface area (Å²) < 4.78 is 2.00. The van der Waals surface area contributed by atoms with E-state index in [9.17, 15) is 4.79 Å². The summed E-state index contributed by atoms with van der Waals surface area (Å²) in [6, 6.07) is 17.6. The molecule has 2 aromatic heterocycles. The fourth-order valence-corrected chi connectivity index (χ4v) is 3.20. The minimum Gasteiger partial charge on any atom is -0.326 e. The number of benzene rings is 2. The van der Waals surface area contributed by atoms with Crippen LogP contribution in [0.25, 0.3) is 27.8 Å². The molecule has 1 amide bonds. The van der Waals surface area contributed by atoms with Crippen molar-refractivity contribution in [2.75, 3.05) is 5.32 Å². The molecule has 2 aromatic carbocycles. The van der Waals surface area contributed by atoms with E-state index in [4.69, 9.17) is 11.6 Å². The molecular formula is C20H15ClN4O. The standard InChI is InChI=1S/C20H15ClN4O/c1-13(26)24-15-9-7-14(8-10-15)17-11-25(16-5-3-2-4-6-16)20-18(17)19(21)22-12-23-20/h2-12H,1H3,(H,24,26). The van der Waals surface area contributed by atoms with Crippen molar-refractivity contribution in [1.29, 1.82) is 0 Å². The molecule has 0 radical (unpaired) electrons. The predicted molar refractivity (Wildman–Crippen MR) is 104 cm³/mol. The third kappa shape index (κ3) is 2.93. The maximum Gasteiger partial charge on any atom is 0.221 e. The zero-order valence-electron chi connectivity index (χ0n) is 14.0. The lowest BCUT2D eigenvalue weighted by Gasteiger charge is -2.04. The van der Waals surface area contributed by atoms with Crippen molar-refractivity contribution in [1.82, 2.24) is 14.5 Å². The van der Waals surface area contributed by atoms with Gasteiger partial charge in [-0.05, 0) is 29.8 Å². The van der Waals surface area contributed by atoms with Crippen molar-refractivity contribution in [2.45, 2.75) is 6.92 Å². The van der Waals surface area contributed by atoms with E-state index in [0.717, 1.165) is 33.5 Å². The third-order valence-electron chi connectivity index (χ3n) is 4.09. The second kappa shape index (κ2) is 6.61. The van der Waals surface area contributed by atoms with E-state index in [-0.39, 0.29) is 5.91 Å². The predicted octanol–water partition coefficient (Wildman–Crippen LogP) is 4.70. The summed E-state index contributed by atoms with van der Waals surface area (Å²) in [5.41, 5.74) is 4.39. The highest BCUT2D eigenvalue weighted by Gasteiger charge is 2.16. The number of para-hydroxylation sites is 1. The van der Waals surface area contributed by atoms with Crippen LogP contribution >= 0.6 is 11.6 Å². The number of halogens is 1. The lowest BCUT2D eigenvalue weighted by atomic mass is 10.1. The molecule has 0 bridgehead atoms. The van der Waals surface area contributed by atoms with Crippen molar-refractivity contribution in [3.63, 3.8) is 0 Å². The number of carbonyl (C=O) groups excluding carboxylic acids is 1. The Labute approximate surface area is 155 Å². The van der Waals surface area contributed by atoms with Crippen LogP contribution < -0.4 is 5.32 Å². The van der Waals surface area contributed by atoms with E-state index in [2.05, 4.69) is 15.3 Å². The Morgan fingerprint density at radius 2 is 1.77 bits per heavy atom. The molecular weight excluding hydrogens is 348 g/mol. The highest BCUT2D eigenvalue weighted by molar-refractivity contribution is 6.35. The highest BCUT2D eigenvalue weighted by atomic mass is 35.5. The number of hydrogen-bond donors (Lipinski definition) is 1. The number of fused-ring (bicyclic) bond motifs is 1. The number of aromatic nitrogens is 3. The van der Waals surface area contributed by atoms with E-state index in [1.54, 1.807) is 0 Å². The summed E-state index contributed by atoms with van der Waals surface area (Å²) in [5, 5.41) is 3.97. The molecule has 0 aliphatic rings. The van der Waals surface area contributed by atoms with E-state index < -0.39 is 0 Å². The second-order valence-corrected chi connectivity index (χ2v) is 6.23. The molecule has 4 aromatic rings. The number of rotatable bonds is 3. The Bertz CT molecular complexity index is 1090. The normalized spacial score (nSPS) is 10.8. The molecule has 0 aliphatic heterocycles. The van der Waals surface area contributed by atoms with E-state index in [1.165, 1.54) is 13.3 Å². The molecule has 26 heavy (non-hydrogen) atoms. The van der Waals surface area contributed by atoms with Crippen molar-refractivity contribution < 1.29 is 4.79 Å². The van der Waals surface area contributed by atoms with Crippen molar-refractivity contribution >= 4 is 34.2 Å². The summed E-state index contributed by atoms with van der Waals surface area (Å²) in [7, 11) is 0. The van der Waals surface area contributed by atoms with Gasteiger partial charge >= 0.3 is 0 Å². The fraction of sp³-hybridized carbons (Fsp3) is 0.0500. The Kier molecular flexibility index (Phi) is 4.14. The summed E-state index contributed by atoms with van der Waals surface area (Å²) in [4.78, 5) is 19.8. The SMILES string of the molecule is CC(=O)Nc1ccc(-c2cn(-c3ccccc3)c3ncnc(Cl)c23)cc1. The van der Waals surface area contributed by atoms with Gasteiger partial charge in [-0.2, -0.15) is 0 Å². The summed E-state index contributed by atoms with van der Waals surface area (Å²) in [6.45, 7) is 1.48. The van der Waals surface area contributed by atoms with Gasteiger partial charge in [0.25, 0.3) is 0 Å². The molecule has 0 fully saturated rings. The lowest BCUT2D eigenvalue weighted by molar-refractivity contribution is -0.114. The van der Waals surface area contributed by atoms with Crippen LogP contribution in [0.2, 0.25) is 5.15 Å². The number of anilines is 1. The topological polar surface area (TPSA) is 59.8 Å². The first kappa shape index (κ1) is 16.3. The van der Waals surface area contributed by atoms with Crippen LogP contribution in [0.3, 0.4) is 0 Å². The molecule has 0 saturated carbocycles. The number of nitrogens with zero attached hydrogens (tertiary/aromatic N) is 3. The Hall–Kier alpha value is -3.18. The van der Waals surface area contributed by atoms with E-state index in [1.807, 2.05) is 65.4 Å². The molecule has 128 valence electrons. The average Bonchev–Trinajstić information content (AvgIpc) is 3.04. The summed E-state index contributed by atoms with van der Waals surface area (Å²) >= 11 is 6.39. The third-order valence-corrected chi connectivity index (χ3v) is 4.37. The number of hydrogen-bond acceptors (Lipinski definition) is 3. The van der Waals surface area contributed by atoms with Gasteiger partial charge in [-0.25, -0.2) is 9.97 Å². The Morgan fingerprint density at radius 3 is 2.46 bits per heavy atom. The highest BCUT2D eigenvalue weighted by Crippen LogP contribution is 2.35. The van der Waals surface area contributed by atoms with Crippen LogP contribution in [0.4, 0.5) is 5.69 Å². The molecule has 0 aliphatic carbocycles. The summed E-state index contributed by atoms with van der Waals surface area (Å²) in [5.74, 6) is -0.102. The molecule has 4 rings (SSSR count). The van der Waals surface area contributed by atoms with Gasteiger partial charge in [0.05, 0.1) is 5.39 Å². The van der Waals surface area contributed by atoms with Gasteiger partial charge in [-0.3, -0.25) is 4.79 Å². The monoisotopic (exact) mass is 362 g/mol. The van der Waals surface area contributed by atoms with Gasteiger partial charge in [0.2, 0.25) is 5.91 Å². The average molecular weight is 363 g/mol. The first-order valence-electron chi connectivity index (χ1n) is 8.08. The van der Waals surface area contributed by atoms with Gasteiger partial charge in [-0.1, -0.05) is 41.9 Å². The maximum absolute atomic E-state index is 11.2. The van der Waals surface area contributed by atoms with Gasteiger partial charge < -0.3 is 9.88 Å². The van der Waals surface area contributed by atoms with Crippen LogP contribution in [0, 0.1) is 0 Å². The largest absolute Gasteiger partial charge is 0.326 e. The van der Waals surface area contributed by atoms with Gasteiger partial charge in [0.15, 0.2) is 0 Å². The second-order valence-electron chi connectivity index (χ2n) is 5.87. The molecule has 0 atom stereocenters. The van der Waals surface area contributed by atoms with Crippen molar-refractivity contribution in [2.24, 2.45) is 0 Å². The molecule has 1 N–H and O–H groups in total. The smallest absolute Gasteiger partial charge is 0.221 e. The van der Waals surface area contributed by atoms with E-state index >= 15 is 0 Å². The summed E-state index contributed by atoms with van der Waals surface area (Å²) in [6.07, 6.45) is 3.47. The molecule has 6 heteroatoms. The maximum atomic E-state index is 11.2. The van der Waals surface area contributed by atoms with Crippen LogP contribution in [0.5, 0.6) is 0 Å². The van der Waals surface area contributed by atoms with Gasteiger partial charge in [0.1, 0.15) is 17.1 Å². The molecule has 5 nitrogen and oxygen atoms in total. The number of carbonyl (C=O) groups is 1. The van der Waals surface area contributed by atoms with E-state index in [0.29, 0.717) is 5.15 Å². The van der Waals surface area contributed by atoms with Gasteiger partial charge in [0, 0.05) is 30.1 Å². The Morgan fingerprint density at radius 1 is 1.04 bits per heavy atom. The quantitative estimate of drug-likeness (QED) is 0.537. The van der Waals surface area contributed by atoms with Crippen LogP contribution in [-0.2, 0) is 4.79 Å². The fourth-order valence-electron chi connectivity index (χ4n) is 2.97. The minimum atomic E-state index is -0.102. The van der Waals surface area contributed by atoms with Crippen LogP contribution in [0.1, 0.15) is 6.92 Å². The molecule has 0 unspecified atom stereocenters. The molecule has 0 saturated heterocycles. The van der Waals surface area contributed by atoms with Crippen molar-refractivity contribution in [3.05, 3.63) is 72.3 Å². The minimum absolute atomic E-state index is 0.102. The number of amides is 1. The molecule has 0 spiro atoms. The zero-order valence-corrected chi connectivity index (χ0v) is 14.7. The molecule has 2 heterocycles. The van der Waals surface area contributed by atoms with Crippen LogP contribution in [-0.4, -0.2) is 20.4 Å². The Balaban J connectivity index is 1.89. The van der Waals surface area contributed by atoms with Crippen molar-refractivity contribution in [3.8, 4) is 16.8 Å². The zero-order chi connectivity index (χ0) is 18.1. The van der Waals surface area contributed by atoms with Crippen LogP contribution in [0.15, 0.2) is 67.1 Å².